The summed E-state index contributed by atoms with van der Waals surface area (Å²) in [5.41, 5.74) is 0.326. The van der Waals surface area contributed by atoms with Gasteiger partial charge in [-0.1, -0.05) is 20.8 Å². The Bertz CT molecular complexity index is 373. The lowest BCUT2D eigenvalue weighted by molar-refractivity contribution is -0.195. The van der Waals surface area contributed by atoms with Gasteiger partial charge in [-0.05, 0) is 24.3 Å². The molecule has 5 nitrogen and oxygen atoms in total. The molecule has 1 aromatic rings. The Morgan fingerprint density at radius 1 is 1.29 bits per heavy atom. The monoisotopic (exact) mass is 256 g/mol. The third-order valence-electron chi connectivity index (χ3n) is 1.96. The van der Waals surface area contributed by atoms with Gasteiger partial charge in [0, 0.05) is 16.0 Å². The van der Waals surface area contributed by atoms with Gasteiger partial charge in [0.05, 0.1) is 12.0 Å². The number of carbonyl (C=O) groups excluding carboxylic acids is 1. The molecule has 0 bridgehead atoms. The number of hydrogen-bond acceptors (Lipinski definition) is 5. The average Bonchev–Trinajstić information content (AvgIpc) is 2.27. The molecular formula is C11H16N2O3S. The van der Waals surface area contributed by atoms with Crippen molar-refractivity contribution >= 4 is 23.6 Å². The first-order chi connectivity index (χ1) is 7.93. The lowest BCUT2D eigenvalue weighted by Gasteiger charge is -2.17. The minimum absolute atomic E-state index is 0.0283. The number of nitrogens with one attached hydrogen (secondary N) is 1. The van der Waals surface area contributed by atoms with Crippen LogP contribution < -0.4 is 11.2 Å². The summed E-state index contributed by atoms with van der Waals surface area (Å²) in [5.74, 6) is 4.69. The summed E-state index contributed by atoms with van der Waals surface area (Å²) in [6.07, 6.45) is 0. The van der Waals surface area contributed by atoms with E-state index >= 15 is 0 Å². The van der Waals surface area contributed by atoms with Crippen molar-refractivity contribution < 1.29 is 14.1 Å². The van der Waals surface area contributed by atoms with Crippen molar-refractivity contribution in [2.24, 2.45) is 11.3 Å². The van der Waals surface area contributed by atoms with Gasteiger partial charge in [0.1, 0.15) is 0 Å². The first kappa shape index (κ1) is 14.0. The highest BCUT2D eigenvalue weighted by molar-refractivity contribution is 7.94. The van der Waals surface area contributed by atoms with Crippen LogP contribution in [0.15, 0.2) is 29.2 Å². The van der Waals surface area contributed by atoms with Gasteiger partial charge in [-0.2, -0.15) is 5.90 Å². The minimum Gasteiger partial charge on any atom is -0.326 e. The van der Waals surface area contributed by atoms with Crippen molar-refractivity contribution in [3.63, 3.8) is 0 Å². The van der Waals surface area contributed by atoms with Crippen molar-refractivity contribution in [1.29, 1.82) is 0 Å². The van der Waals surface area contributed by atoms with E-state index < -0.39 is 5.41 Å². The second-order valence-corrected chi connectivity index (χ2v) is 5.25. The van der Waals surface area contributed by atoms with Crippen LogP contribution in [0.25, 0.3) is 0 Å². The second-order valence-electron chi connectivity index (χ2n) is 4.48. The smallest absolute Gasteiger partial charge is 0.229 e. The maximum Gasteiger partial charge on any atom is 0.229 e. The summed E-state index contributed by atoms with van der Waals surface area (Å²) >= 11 is 0.994. The highest BCUT2D eigenvalue weighted by atomic mass is 32.2. The molecule has 94 valence electrons. The van der Waals surface area contributed by atoms with E-state index in [4.69, 9.17) is 5.90 Å². The first-order valence-corrected chi connectivity index (χ1v) is 5.79. The molecule has 0 aliphatic heterocycles. The number of carbonyl (C=O) groups is 1. The molecule has 1 aromatic carbocycles. The third kappa shape index (κ3) is 4.74. The molecule has 0 unspecified atom stereocenters. The first-order valence-electron chi connectivity index (χ1n) is 5.05. The van der Waals surface area contributed by atoms with E-state index in [0.717, 1.165) is 22.6 Å². The summed E-state index contributed by atoms with van der Waals surface area (Å²) in [6, 6.07) is 7.15. The Balaban J connectivity index is 2.59. The summed E-state index contributed by atoms with van der Waals surface area (Å²) in [5, 5.41) is 2.82. The molecule has 1 amide bonds. The number of nitrogens with two attached hydrogens (primary N) is 1. The van der Waals surface area contributed by atoms with Gasteiger partial charge in [0.25, 0.3) is 0 Å². The van der Waals surface area contributed by atoms with Gasteiger partial charge in [-0.25, -0.2) is 0 Å². The quantitative estimate of drug-likeness (QED) is 0.492. The van der Waals surface area contributed by atoms with Crippen LogP contribution in [0.2, 0.25) is 0 Å². The van der Waals surface area contributed by atoms with Gasteiger partial charge in [-0.3, -0.25) is 4.79 Å². The zero-order chi connectivity index (χ0) is 12.9. The Morgan fingerprint density at radius 2 is 1.88 bits per heavy atom. The maximum atomic E-state index is 11.7. The van der Waals surface area contributed by atoms with E-state index in [0.29, 0.717) is 0 Å². The lowest BCUT2D eigenvalue weighted by atomic mass is 9.95. The van der Waals surface area contributed by atoms with E-state index in [1.807, 2.05) is 20.8 Å². The number of rotatable bonds is 4. The maximum absolute atomic E-state index is 11.7. The summed E-state index contributed by atoms with van der Waals surface area (Å²) in [6.45, 7) is 5.58. The molecule has 0 fully saturated rings. The molecule has 0 spiro atoms. The highest BCUT2D eigenvalue weighted by Gasteiger charge is 2.20. The van der Waals surface area contributed by atoms with Gasteiger partial charge >= 0.3 is 0 Å². The zero-order valence-corrected chi connectivity index (χ0v) is 10.8. The highest BCUT2D eigenvalue weighted by Crippen LogP contribution is 2.22. The predicted molar refractivity (Wildman–Crippen MR) is 66.7 cm³/mol. The topological polar surface area (TPSA) is 73.6 Å². The lowest BCUT2D eigenvalue weighted by Crippen LogP contribution is -2.27. The Kier molecular flexibility index (Phi) is 4.95. The zero-order valence-electron chi connectivity index (χ0n) is 10.0. The van der Waals surface area contributed by atoms with Crippen LogP contribution >= 0.6 is 12.0 Å². The standard InChI is InChI=1S/C11H16N2O3S/c1-11(2,3)10(14)13-8-4-6-9(7-5-8)17-16-15-12/h4-7H,12H2,1-3H3,(H,13,14). The van der Waals surface area contributed by atoms with E-state index in [9.17, 15) is 4.79 Å². The summed E-state index contributed by atoms with van der Waals surface area (Å²) in [7, 11) is 0. The minimum atomic E-state index is -0.413. The van der Waals surface area contributed by atoms with Crippen LogP contribution in [-0.2, 0) is 14.1 Å². The Morgan fingerprint density at radius 3 is 2.35 bits per heavy atom. The molecule has 0 radical (unpaired) electrons. The molecule has 0 aromatic heterocycles. The van der Waals surface area contributed by atoms with Crippen molar-refractivity contribution in [1.82, 2.24) is 0 Å². The van der Waals surface area contributed by atoms with E-state index in [2.05, 4.69) is 14.6 Å². The van der Waals surface area contributed by atoms with Crippen molar-refractivity contribution in [3.8, 4) is 0 Å². The van der Waals surface area contributed by atoms with Crippen LogP contribution in [0.3, 0.4) is 0 Å². The average molecular weight is 256 g/mol. The normalized spacial score (nSPS) is 11.3. The molecule has 17 heavy (non-hydrogen) atoms. The fourth-order valence-electron chi connectivity index (χ4n) is 0.971. The predicted octanol–water partition coefficient (Wildman–Crippen LogP) is 2.50. The summed E-state index contributed by atoms with van der Waals surface area (Å²) in [4.78, 5) is 16.5. The molecule has 6 heteroatoms. The molecule has 1 rings (SSSR count). The molecule has 0 saturated heterocycles. The van der Waals surface area contributed by atoms with Crippen LogP contribution in [0, 0.1) is 5.41 Å². The molecule has 0 saturated carbocycles. The largest absolute Gasteiger partial charge is 0.326 e. The SMILES string of the molecule is CC(C)(C)C(=O)Nc1ccc(SOON)cc1. The van der Waals surface area contributed by atoms with Crippen LogP contribution in [0.4, 0.5) is 5.69 Å². The van der Waals surface area contributed by atoms with E-state index in [1.165, 1.54) is 0 Å². The second kappa shape index (κ2) is 6.02. The third-order valence-corrected chi connectivity index (χ3v) is 2.57. The number of benzene rings is 1. The van der Waals surface area contributed by atoms with Gasteiger partial charge in [-0.15, -0.1) is 9.32 Å². The number of amides is 1. The molecule has 0 aliphatic rings. The van der Waals surface area contributed by atoms with Crippen molar-refractivity contribution in [2.45, 2.75) is 25.7 Å². The van der Waals surface area contributed by atoms with Crippen LogP contribution in [-0.4, -0.2) is 5.91 Å². The van der Waals surface area contributed by atoms with Gasteiger partial charge in [0.2, 0.25) is 5.91 Å². The van der Waals surface area contributed by atoms with E-state index in [1.54, 1.807) is 24.3 Å². The Labute approximate surface area is 105 Å². The molecule has 0 aliphatic carbocycles. The van der Waals surface area contributed by atoms with Crippen LogP contribution in [0.5, 0.6) is 0 Å². The summed E-state index contributed by atoms with van der Waals surface area (Å²) < 4.78 is 4.50. The number of anilines is 1. The van der Waals surface area contributed by atoms with Gasteiger partial charge in [0.15, 0.2) is 0 Å². The van der Waals surface area contributed by atoms with Gasteiger partial charge < -0.3 is 5.32 Å². The fourth-order valence-corrected chi connectivity index (χ4v) is 1.34. The van der Waals surface area contributed by atoms with Crippen molar-refractivity contribution in [2.75, 3.05) is 5.32 Å². The van der Waals surface area contributed by atoms with Crippen molar-refractivity contribution in [3.05, 3.63) is 24.3 Å². The molecule has 3 N–H and O–H groups in total. The molecule has 0 atom stereocenters. The molecular weight excluding hydrogens is 240 g/mol. The molecule has 0 heterocycles. The van der Waals surface area contributed by atoms with Crippen LogP contribution in [0.1, 0.15) is 20.8 Å². The Hall–Kier alpha value is -1.08. The number of hydrogen-bond donors (Lipinski definition) is 2. The fraction of sp³-hybridized carbons (Fsp3) is 0.364. The van der Waals surface area contributed by atoms with E-state index in [-0.39, 0.29) is 5.91 Å².